The van der Waals surface area contributed by atoms with E-state index in [1.807, 2.05) is 32.1 Å². The summed E-state index contributed by atoms with van der Waals surface area (Å²) in [6.45, 7) is 11.6. The molecule has 170 valence electrons. The molecule has 1 aliphatic rings. The predicted molar refractivity (Wildman–Crippen MR) is 135 cm³/mol. The van der Waals surface area contributed by atoms with Crippen LogP contribution in [-0.2, 0) is 13.9 Å². The Morgan fingerprint density at radius 1 is 1.09 bits per heavy atom. The summed E-state index contributed by atoms with van der Waals surface area (Å²) in [5.41, 5.74) is 1.03. The van der Waals surface area contributed by atoms with Gasteiger partial charge in [-0.15, -0.1) is 0 Å². The van der Waals surface area contributed by atoms with E-state index in [-0.39, 0.29) is 11.1 Å². The van der Waals surface area contributed by atoms with Gasteiger partial charge in [-0.2, -0.15) is 5.26 Å². The Bertz CT molecular complexity index is 909. The zero-order chi connectivity index (χ0) is 23.2. The van der Waals surface area contributed by atoms with Crippen molar-refractivity contribution in [1.82, 2.24) is 0 Å². The molecular formula is C26H33NO3SSi. The summed E-state index contributed by atoms with van der Waals surface area (Å²) in [4.78, 5) is 0. The third-order valence-corrected chi connectivity index (χ3v) is 11.3. The topological polar surface area (TPSA) is 51.5 Å². The molecule has 32 heavy (non-hydrogen) atoms. The van der Waals surface area contributed by atoms with Gasteiger partial charge in [0, 0.05) is 5.75 Å². The van der Waals surface area contributed by atoms with E-state index in [1.54, 1.807) is 0 Å². The Morgan fingerprint density at radius 2 is 1.66 bits per heavy atom. The highest BCUT2D eigenvalue weighted by Crippen LogP contribution is 2.37. The van der Waals surface area contributed by atoms with Crippen molar-refractivity contribution in [2.45, 2.75) is 51.5 Å². The van der Waals surface area contributed by atoms with Gasteiger partial charge in [-0.05, 0) is 46.6 Å². The van der Waals surface area contributed by atoms with Gasteiger partial charge in [-0.1, -0.05) is 87.5 Å². The molecule has 0 bridgehead atoms. The van der Waals surface area contributed by atoms with Gasteiger partial charge in [0.25, 0.3) is 8.32 Å². The molecule has 2 aromatic carbocycles. The molecular weight excluding hydrogens is 434 g/mol. The van der Waals surface area contributed by atoms with E-state index in [4.69, 9.17) is 19.2 Å². The van der Waals surface area contributed by atoms with E-state index in [0.717, 1.165) is 5.57 Å². The lowest BCUT2D eigenvalue weighted by atomic mass is 10.1. The average Bonchev–Trinajstić information content (AvgIpc) is 2.76. The molecule has 1 atom stereocenters. The molecule has 1 saturated heterocycles. The van der Waals surface area contributed by atoms with Crippen LogP contribution in [-0.4, -0.2) is 39.2 Å². The monoisotopic (exact) mass is 467 g/mol. The standard InChI is InChI=1S/C26H33NO3SSi/c1-25(2,3)32(22-12-8-6-9-13-22,23-14-10-7-11-15-23)29-19-24-21(16-17-31-20-27)18-28-26(4,5)30-24/h6-16,24H,17-19H2,1-5H3/b21-16+/t24-/m1/s1. The van der Waals surface area contributed by atoms with Gasteiger partial charge in [0.15, 0.2) is 5.79 Å². The molecule has 1 heterocycles. The van der Waals surface area contributed by atoms with E-state index in [1.165, 1.54) is 22.1 Å². The van der Waals surface area contributed by atoms with Crippen LogP contribution in [0.25, 0.3) is 0 Å². The molecule has 0 spiro atoms. The lowest BCUT2D eigenvalue weighted by molar-refractivity contribution is -0.255. The second-order valence-corrected chi connectivity index (χ2v) is 14.6. The quantitative estimate of drug-likeness (QED) is 0.252. The number of hydrogen-bond donors (Lipinski definition) is 0. The van der Waals surface area contributed by atoms with Gasteiger partial charge in [-0.25, -0.2) is 0 Å². The maximum atomic E-state index is 8.90. The number of nitriles is 1. The SMILES string of the molecule is CC1(C)OC/C(=C\CSC#N)[C@@H](CO[Si](c2ccccc2)(c2ccccc2)C(C)(C)C)O1. The van der Waals surface area contributed by atoms with Crippen molar-refractivity contribution in [3.63, 3.8) is 0 Å². The van der Waals surface area contributed by atoms with Gasteiger partial charge in [0.2, 0.25) is 0 Å². The molecule has 6 heteroatoms. The Kier molecular flexibility index (Phi) is 8.02. The van der Waals surface area contributed by atoms with Crippen molar-refractivity contribution in [3.05, 3.63) is 72.3 Å². The number of hydrogen-bond acceptors (Lipinski definition) is 5. The molecule has 3 rings (SSSR count). The Morgan fingerprint density at radius 3 is 2.16 bits per heavy atom. The average molecular weight is 468 g/mol. The first-order chi connectivity index (χ1) is 15.2. The molecule has 2 aromatic rings. The highest BCUT2D eigenvalue weighted by atomic mass is 32.2. The van der Waals surface area contributed by atoms with Gasteiger partial charge < -0.3 is 13.9 Å². The smallest absolute Gasteiger partial charge is 0.261 e. The summed E-state index contributed by atoms with van der Waals surface area (Å²) in [5, 5.41) is 13.4. The Labute approximate surface area is 197 Å². The van der Waals surface area contributed by atoms with Crippen LogP contribution in [0.1, 0.15) is 34.6 Å². The zero-order valence-electron chi connectivity index (χ0n) is 19.6. The first-order valence-corrected chi connectivity index (χ1v) is 13.9. The van der Waals surface area contributed by atoms with Crippen LogP contribution in [0.15, 0.2) is 72.3 Å². The summed E-state index contributed by atoms with van der Waals surface area (Å²) in [5.74, 6) is -0.0755. The lowest BCUT2D eigenvalue weighted by Gasteiger charge is -2.45. The summed E-state index contributed by atoms with van der Waals surface area (Å²) in [6.07, 6.45) is 1.82. The molecule has 0 aromatic heterocycles. The summed E-state index contributed by atoms with van der Waals surface area (Å²) >= 11 is 1.21. The normalized spacial score (nSPS) is 20.1. The second-order valence-electron chi connectivity index (χ2n) is 9.45. The molecule has 0 unspecified atom stereocenters. The highest BCUT2D eigenvalue weighted by Gasteiger charge is 2.51. The van der Waals surface area contributed by atoms with Crippen molar-refractivity contribution >= 4 is 30.5 Å². The minimum absolute atomic E-state index is 0.100. The Hall–Kier alpha value is -1.88. The van der Waals surface area contributed by atoms with Gasteiger partial charge in [0.05, 0.1) is 13.2 Å². The summed E-state index contributed by atoms with van der Waals surface area (Å²) in [7, 11) is -2.65. The number of ether oxygens (including phenoxy) is 2. The van der Waals surface area contributed by atoms with E-state index in [9.17, 15) is 0 Å². The number of thiocyanates is 1. The second kappa shape index (κ2) is 10.4. The minimum atomic E-state index is -2.65. The van der Waals surface area contributed by atoms with Crippen molar-refractivity contribution in [3.8, 4) is 5.40 Å². The van der Waals surface area contributed by atoms with Crippen molar-refractivity contribution in [1.29, 1.82) is 5.26 Å². The molecule has 0 aliphatic carbocycles. The molecule has 1 fully saturated rings. The Balaban J connectivity index is 2.01. The third-order valence-electron chi connectivity index (χ3n) is 5.79. The van der Waals surface area contributed by atoms with Crippen molar-refractivity contribution in [2.24, 2.45) is 0 Å². The van der Waals surface area contributed by atoms with Crippen molar-refractivity contribution < 1.29 is 13.9 Å². The number of rotatable bonds is 7. The van der Waals surface area contributed by atoms with Crippen LogP contribution >= 0.6 is 11.8 Å². The fourth-order valence-electron chi connectivity index (χ4n) is 4.28. The molecule has 0 amide bonds. The third kappa shape index (κ3) is 5.54. The number of benzene rings is 2. The molecule has 0 saturated carbocycles. The van der Waals surface area contributed by atoms with Crippen LogP contribution in [0.2, 0.25) is 5.04 Å². The van der Waals surface area contributed by atoms with E-state index in [0.29, 0.717) is 19.0 Å². The largest absolute Gasteiger partial charge is 0.404 e. The maximum absolute atomic E-state index is 8.90. The molecule has 4 nitrogen and oxygen atoms in total. The van der Waals surface area contributed by atoms with Gasteiger partial charge in [-0.3, -0.25) is 0 Å². The van der Waals surface area contributed by atoms with Gasteiger partial charge >= 0.3 is 0 Å². The highest BCUT2D eigenvalue weighted by molar-refractivity contribution is 8.03. The van der Waals surface area contributed by atoms with Crippen LogP contribution < -0.4 is 10.4 Å². The molecule has 0 N–H and O–H groups in total. The predicted octanol–water partition coefficient (Wildman–Crippen LogP) is 4.86. The molecule has 0 radical (unpaired) electrons. The van der Waals surface area contributed by atoms with E-state index in [2.05, 4.69) is 74.7 Å². The molecule has 1 aliphatic heterocycles. The van der Waals surface area contributed by atoms with Crippen LogP contribution in [0, 0.1) is 10.7 Å². The zero-order valence-corrected chi connectivity index (χ0v) is 21.4. The maximum Gasteiger partial charge on any atom is 0.261 e. The van der Waals surface area contributed by atoms with E-state index < -0.39 is 14.1 Å². The van der Waals surface area contributed by atoms with Crippen molar-refractivity contribution in [2.75, 3.05) is 19.0 Å². The first kappa shape index (κ1) is 24.8. The number of nitrogens with zero attached hydrogens (tertiary/aromatic N) is 1. The van der Waals surface area contributed by atoms with Crippen LogP contribution in [0.3, 0.4) is 0 Å². The lowest BCUT2D eigenvalue weighted by Crippen LogP contribution is -2.67. The van der Waals surface area contributed by atoms with E-state index >= 15 is 0 Å². The summed E-state index contributed by atoms with van der Waals surface area (Å²) in [6, 6.07) is 21.2. The summed E-state index contributed by atoms with van der Waals surface area (Å²) < 4.78 is 19.3. The fourth-order valence-corrected chi connectivity index (χ4v) is 9.21. The number of thioether (sulfide) groups is 1. The first-order valence-electron chi connectivity index (χ1n) is 11.0. The van der Waals surface area contributed by atoms with Gasteiger partial charge in [0.1, 0.15) is 11.5 Å². The minimum Gasteiger partial charge on any atom is -0.404 e. The van der Waals surface area contributed by atoms with Crippen LogP contribution in [0.4, 0.5) is 0 Å². The fraction of sp³-hybridized carbons (Fsp3) is 0.423. The van der Waals surface area contributed by atoms with Crippen LogP contribution in [0.5, 0.6) is 0 Å².